The molecule has 92 valence electrons. The second-order valence-corrected chi connectivity index (χ2v) is 4.28. The van der Waals surface area contributed by atoms with Crippen molar-refractivity contribution < 1.29 is 4.74 Å². The molecule has 0 aliphatic carbocycles. The Labute approximate surface area is 102 Å². The van der Waals surface area contributed by atoms with Crippen LogP contribution in [0.5, 0.6) is 5.75 Å². The van der Waals surface area contributed by atoms with Crippen LogP contribution in [-0.2, 0) is 6.42 Å². The fourth-order valence-corrected chi connectivity index (χ4v) is 2.16. The Hall–Kier alpha value is -1.48. The normalized spacial score (nSPS) is 11.0. The lowest BCUT2D eigenvalue weighted by Gasteiger charge is -2.05. The third-order valence-electron chi connectivity index (χ3n) is 3.10. The van der Waals surface area contributed by atoms with Gasteiger partial charge in [0.15, 0.2) is 0 Å². The summed E-state index contributed by atoms with van der Waals surface area (Å²) in [6, 6.07) is 4.17. The highest BCUT2D eigenvalue weighted by Crippen LogP contribution is 2.27. The van der Waals surface area contributed by atoms with Gasteiger partial charge in [-0.05, 0) is 49.7 Å². The van der Waals surface area contributed by atoms with Gasteiger partial charge in [0.2, 0.25) is 0 Å². The van der Waals surface area contributed by atoms with E-state index < -0.39 is 0 Å². The van der Waals surface area contributed by atoms with E-state index in [0.717, 1.165) is 25.3 Å². The number of benzene rings is 1. The summed E-state index contributed by atoms with van der Waals surface area (Å²) in [5, 5.41) is 4.63. The second-order valence-electron chi connectivity index (χ2n) is 4.28. The summed E-state index contributed by atoms with van der Waals surface area (Å²) in [7, 11) is 1.71. The third-order valence-corrected chi connectivity index (χ3v) is 3.10. The molecule has 0 aliphatic heterocycles. The van der Waals surface area contributed by atoms with Gasteiger partial charge in [0.1, 0.15) is 5.75 Å². The van der Waals surface area contributed by atoms with Crippen molar-refractivity contribution in [1.29, 1.82) is 0 Å². The van der Waals surface area contributed by atoms with Gasteiger partial charge in [-0.1, -0.05) is 6.92 Å². The molecule has 3 heteroatoms. The minimum Gasteiger partial charge on any atom is -0.497 e. The van der Waals surface area contributed by atoms with Crippen LogP contribution >= 0.6 is 0 Å². The van der Waals surface area contributed by atoms with Crippen molar-refractivity contribution in [2.45, 2.75) is 20.3 Å². The van der Waals surface area contributed by atoms with Crippen molar-refractivity contribution in [3.8, 4) is 5.75 Å². The Morgan fingerprint density at radius 3 is 2.88 bits per heavy atom. The molecule has 1 heterocycles. The number of fused-ring (bicyclic) bond motifs is 1. The molecule has 0 radical (unpaired) electrons. The Morgan fingerprint density at radius 2 is 2.18 bits per heavy atom. The lowest BCUT2D eigenvalue weighted by molar-refractivity contribution is 0.415. The molecule has 0 saturated heterocycles. The highest BCUT2D eigenvalue weighted by molar-refractivity contribution is 5.87. The van der Waals surface area contributed by atoms with Crippen LogP contribution in [0.15, 0.2) is 18.3 Å². The van der Waals surface area contributed by atoms with Crippen molar-refractivity contribution in [2.75, 3.05) is 20.2 Å². The van der Waals surface area contributed by atoms with Gasteiger partial charge in [-0.3, -0.25) is 0 Å². The van der Waals surface area contributed by atoms with Gasteiger partial charge in [0, 0.05) is 17.1 Å². The van der Waals surface area contributed by atoms with Crippen LogP contribution in [0.2, 0.25) is 0 Å². The van der Waals surface area contributed by atoms with Gasteiger partial charge in [-0.15, -0.1) is 0 Å². The van der Waals surface area contributed by atoms with Crippen LogP contribution in [0.4, 0.5) is 0 Å². The van der Waals surface area contributed by atoms with Crippen LogP contribution in [0.25, 0.3) is 10.9 Å². The maximum Gasteiger partial charge on any atom is 0.119 e. The first-order chi connectivity index (χ1) is 8.26. The largest absolute Gasteiger partial charge is 0.497 e. The zero-order valence-corrected chi connectivity index (χ0v) is 10.8. The zero-order chi connectivity index (χ0) is 12.3. The van der Waals surface area contributed by atoms with Gasteiger partial charge < -0.3 is 15.0 Å². The van der Waals surface area contributed by atoms with E-state index in [1.54, 1.807) is 7.11 Å². The van der Waals surface area contributed by atoms with E-state index in [2.05, 4.69) is 42.5 Å². The number of nitrogens with one attached hydrogen (secondary N) is 2. The zero-order valence-electron chi connectivity index (χ0n) is 10.8. The number of hydrogen-bond acceptors (Lipinski definition) is 2. The predicted octanol–water partition coefficient (Wildman–Crippen LogP) is 2.64. The molecule has 17 heavy (non-hydrogen) atoms. The average molecular weight is 232 g/mol. The Morgan fingerprint density at radius 1 is 1.35 bits per heavy atom. The first-order valence-electron chi connectivity index (χ1n) is 6.11. The molecular weight excluding hydrogens is 212 g/mol. The third kappa shape index (κ3) is 2.44. The van der Waals surface area contributed by atoms with E-state index >= 15 is 0 Å². The van der Waals surface area contributed by atoms with Crippen molar-refractivity contribution in [3.63, 3.8) is 0 Å². The Balaban J connectivity index is 2.33. The maximum atomic E-state index is 5.32. The molecule has 0 saturated carbocycles. The van der Waals surface area contributed by atoms with Gasteiger partial charge in [0.05, 0.1) is 7.11 Å². The summed E-state index contributed by atoms with van der Waals surface area (Å²) < 4.78 is 5.32. The smallest absolute Gasteiger partial charge is 0.119 e. The van der Waals surface area contributed by atoms with Gasteiger partial charge in [0.25, 0.3) is 0 Å². The number of aromatic amines is 1. The Bertz CT molecular complexity index is 502. The predicted molar refractivity (Wildman–Crippen MR) is 71.8 cm³/mol. The fourth-order valence-electron chi connectivity index (χ4n) is 2.16. The summed E-state index contributed by atoms with van der Waals surface area (Å²) in [6.07, 6.45) is 3.15. The highest BCUT2D eigenvalue weighted by Gasteiger charge is 2.07. The summed E-state index contributed by atoms with van der Waals surface area (Å²) in [5.41, 5.74) is 3.80. The molecular formula is C14H20N2O. The SMILES string of the molecule is CCNCCc1c[nH]c2c(C)cc(OC)cc12. The molecule has 0 fully saturated rings. The second kappa shape index (κ2) is 5.23. The number of hydrogen-bond donors (Lipinski definition) is 2. The quantitative estimate of drug-likeness (QED) is 0.778. The molecule has 2 N–H and O–H groups in total. The number of rotatable bonds is 5. The fraction of sp³-hybridized carbons (Fsp3) is 0.429. The molecule has 0 spiro atoms. The van der Waals surface area contributed by atoms with Crippen molar-refractivity contribution in [2.24, 2.45) is 0 Å². The molecule has 1 aromatic carbocycles. The highest BCUT2D eigenvalue weighted by atomic mass is 16.5. The van der Waals surface area contributed by atoms with Gasteiger partial charge >= 0.3 is 0 Å². The van der Waals surface area contributed by atoms with E-state index in [0.29, 0.717) is 0 Å². The summed E-state index contributed by atoms with van der Waals surface area (Å²) in [4.78, 5) is 3.35. The number of aryl methyl sites for hydroxylation is 1. The molecule has 2 rings (SSSR count). The molecule has 0 atom stereocenters. The van der Waals surface area contributed by atoms with Crippen LogP contribution in [0, 0.1) is 6.92 Å². The van der Waals surface area contributed by atoms with E-state index in [-0.39, 0.29) is 0 Å². The van der Waals surface area contributed by atoms with Crippen molar-refractivity contribution in [3.05, 3.63) is 29.5 Å². The van der Waals surface area contributed by atoms with Crippen LogP contribution < -0.4 is 10.1 Å². The number of likely N-dealkylation sites (N-methyl/N-ethyl adjacent to an activating group) is 1. The minimum absolute atomic E-state index is 0.930. The van der Waals surface area contributed by atoms with Gasteiger partial charge in [-0.25, -0.2) is 0 Å². The number of methoxy groups -OCH3 is 1. The topological polar surface area (TPSA) is 37.0 Å². The maximum absolute atomic E-state index is 5.32. The molecule has 3 nitrogen and oxygen atoms in total. The molecule has 1 aromatic heterocycles. The molecule has 2 aromatic rings. The number of H-pyrrole nitrogens is 1. The van der Waals surface area contributed by atoms with Crippen molar-refractivity contribution >= 4 is 10.9 Å². The average Bonchev–Trinajstić information content (AvgIpc) is 2.73. The molecule has 0 amide bonds. The standard InChI is InChI=1S/C14H20N2O/c1-4-15-6-5-11-9-16-14-10(2)7-12(17-3)8-13(11)14/h7-9,15-16H,4-6H2,1-3H3. The first-order valence-corrected chi connectivity index (χ1v) is 6.11. The van der Waals surface area contributed by atoms with Gasteiger partial charge in [-0.2, -0.15) is 0 Å². The number of aromatic nitrogens is 1. The molecule has 0 bridgehead atoms. The Kier molecular flexibility index (Phi) is 3.69. The number of ether oxygens (including phenoxy) is 1. The lowest BCUT2D eigenvalue weighted by atomic mass is 10.1. The van der Waals surface area contributed by atoms with Crippen LogP contribution in [-0.4, -0.2) is 25.2 Å². The monoisotopic (exact) mass is 232 g/mol. The van der Waals surface area contributed by atoms with E-state index in [1.165, 1.54) is 22.0 Å². The first kappa shape index (κ1) is 12.0. The van der Waals surface area contributed by atoms with Crippen LogP contribution in [0.3, 0.4) is 0 Å². The van der Waals surface area contributed by atoms with E-state index in [9.17, 15) is 0 Å². The summed E-state index contributed by atoms with van der Waals surface area (Å²) in [6.45, 7) is 6.27. The van der Waals surface area contributed by atoms with E-state index in [1.807, 2.05) is 0 Å². The van der Waals surface area contributed by atoms with Crippen molar-refractivity contribution in [1.82, 2.24) is 10.3 Å². The summed E-state index contributed by atoms with van der Waals surface area (Å²) in [5.74, 6) is 0.930. The minimum atomic E-state index is 0.930. The van der Waals surface area contributed by atoms with Crippen LogP contribution in [0.1, 0.15) is 18.1 Å². The molecule has 0 aliphatic rings. The van der Waals surface area contributed by atoms with E-state index in [4.69, 9.17) is 4.74 Å². The summed E-state index contributed by atoms with van der Waals surface area (Å²) >= 11 is 0. The molecule has 0 unspecified atom stereocenters. The lowest BCUT2D eigenvalue weighted by Crippen LogP contribution is -2.15.